The van der Waals surface area contributed by atoms with E-state index in [0.29, 0.717) is 0 Å². The smallest absolute Gasteiger partial charge is 0.0635 e. The van der Waals surface area contributed by atoms with Crippen molar-refractivity contribution in [1.29, 1.82) is 0 Å². The number of para-hydroxylation sites is 1. The van der Waals surface area contributed by atoms with Crippen LogP contribution in [0.3, 0.4) is 0 Å². The average molecular weight is 744 g/mol. The van der Waals surface area contributed by atoms with Gasteiger partial charge in [0.05, 0.1) is 6.04 Å². The Morgan fingerprint density at radius 2 is 0.931 bits per heavy atom. The minimum Gasteiger partial charge on any atom is -0.333 e. The van der Waals surface area contributed by atoms with Crippen LogP contribution in [0.15, 0.2) is 224 Å². The van der Waals surface area contributed by atoms with Crippen molar-refractivity contribution in [3.63, 3.8) is 0 Å². The summed E-state index contributed by atoms with van der Waals surface area (Å²) in [7, 11) is 0. The molecule has 278 valence electrons. The zero-order valence-corrected chi connectivity index (χ0v) is 33.0. The first-order valence-electron chi connectivity index (χ1n) is 20.4. The molecule has 58 heavy (non-hydrogen) atoms. The molecule has 8 aromatic carbocycles. The van der Waals surface area contributed by atoms with Gasteiger partial charge in [0.1, 0.15) is 0 Å². The molecule has 0 N–H and O–H groups in total. The predicted molar refractivity (Wildman–Crippen MR) is 245 cm³/mol. The van der Waals surface area contributed by atoms with Crippen LogP contribution in [0.1, 0.15) is 42.0 Å². The summed E-state index contributed by atoms with van der Waals surface area (Å²) in [5, 5.41) is 0. The molecule has 0 amide bonds. The van der Waals surface area contributed by atoms with E-state index in [2.05, 4.69) is 243 Å². The second-order valence-corrected chi connectivity index (χ2v) is 16.0. The van der Waals surface area contributed by atoms with Crippen LogP contribution in [0, 0.1) is 0 Å². The van der Waals surface area contributed by atoms with Crippen molar-refractivity contribution in [2.75, 3.05) is 4.90 Å². The third-order valence-electron chi connectivity index (χ3n) is 12.4. The van der Waals surface area contributed by atoms with E-state index in [1.165, 1.54) is 83.7 Å². The highest BCUT2D eigenvalue weighted by atomic mass is 15.2. The Morgan fingerprint density at radius 3 is 1.66 bits per heavy atom. The highest BCUT2D eigenvalue weighted by Gasteiger charge is 2.38. The molecule has 0 bridgehead atoms. The molecule has 0 fully saturated rings. The minimum absolute atomic E-state index is 0.00528. The maximum atomic E-state index is 2.63. The van der Waals surface area contributed by atoms with Crippen LogP contribution in [0.2, 0.25) is 0 Å². The molecule has 0 radical (unpaired) electrons. The maximum absolute atomic E-state index is 2.63. The first kappa shape index (κ1) is 35.5. The van der Waals surface area contributed by atoms with Crippen LogP contribution < -0.4 is 4.90 Å². The monoisotopic (exact) mass is 743 g/mol. The number of rotatable bonds is 8. The second kappa shape index (κ2) is 14.8. The quantitative estimate of drug-likeness (QED) is 0.150. The zero-order valence-electron chi connectivity index (χ0n) is 33.0. The van der Waals surface area contributed by atoms with E-state index in [1.807, 2.05) is 0 Å². The molecular formula is C57H45N. The van der Waals surface area contributed by atoms with Gasteiger partial charge in [-0.1, -0.05) is 220 Å². The third-order valence-corrected chi connectivity index (χ3v) is 12.4. The summed E-state index contributed by atoms with van der Waals surface area (Å²) in [5.74, 6) is -0.00528. The van der Waals surface area contributed by atoms with Crippen LogP contribution >= 0.6 is 0 Å². The summed E-state index contributed by atoms with van der Waals surface area (Å²) < 4.78 is 0. The topological polar surface area (TPSA) is 3.24 Å². The predicted octanol–water partition coefficient (Wildman–Crippen LogP) is 14.9. The van der Waals surface area contributed by atoms with Gasteiger partial charge in [0, 0.05) is 28.3 Å². The second-order valence-electron chi connectivity index (χ2n) is 16.0. The fourth-order valence-corrected chi connectivity index (χ4v) is 9.54. The third kappa shape index (κ3) is 6.21. The van der Waals surface area contributed by atoms with Crippen LogP contribution in [-0.4, -0.2) is 6.04 Å². The van der Waals surface area contributed by atoms with Gasteiger partial charge in [-0.05, 0) is 85.0 Å². The number of fused-ring (bicyclic) bond motifs is 3. The van der Waals surface area contributed by atoms with Gasteiger partial charge in [-0.15, -0.1) is 0 Å². The molecule has 0 aromatic heterocycles. The number of anilines is 2. The Labute approximate surface area is 342 Å². The molecule has 0 spiro atoms. The molecule has 1 heteroatoms. The molecule has 2 aliphatic rings. The van der Waals surface area contributed by atoms with Gasteiger partial charge in [0.2, 0.25) is 0 Å². The fraction of sp³-hybridized carbons (Fsp3) is 0.0877. The largest absolute Gasteiger partial charge is 0.333 e. The van der Waals surface area contributed by atoms with Crippen molar-refractivity contribution in [2.45, 2.75) is 31.2 Å². The van der Waals surface area contributed by atoms with Crippen molar-refractivity contribution in [3.05, 3.63) is 247 Å². The number of nitrogens with zero attached hydrogens (tertiary/aromatic N) is 1. The Balaban J connectivity index is 1.21. The average Bonchev–Trinajstić information content (AvgIpc) is 3.52. The van der Waals surface area contributed by atoms with Crippen molar-refractivity contribution >= 4 is 16.9 Å². The summed E-state index contributed by atoms with van der Waals surface area (Å²) in [6, 6.07) is 75.7. The molecule has 1 nitrogen and oxygen atoms in total. The van der Waals surface area contributed by atoms with Gasteiger partial charge >= 0.3 is 0 Å². The van der Waals surface area contributed by atoms with Crippen molar-refractivity contribution < 1.29 is 0 Å². The Kier molecular flexibility index (Phi) is 9.07. The van der Waals surface area contributed by atoms with E-state index < -0.39 is 0 Å². The highest BCUT2D eigenvalue weighted by Crippen LogP contribution is 2.52. The minimum atomic E-state index is -0.0845. The molecule has 0 saturated carbocycles. The summed E-state index contributed by atoms with van der Waals surface area (Å²) in [5.41, 5.74) is 18.8. The maximum Gasteiger partial charge on any atom is 0.0635 e. The van der Waals surface area contributed by atoms with E-state index in [1.54, 1.807) is 0 Å². The molecule has 2 atom stereocenters. The molecule has 8 aromatic rings. The lowest BCUT2D eigenvalue weighted by molar-refractivity contribution is 0.660. The highest BCUT2D eigenvalue weighted by molar-refractivity contribution is 5.90. The van der Waals surface area contributed by atoms with E-state index in [9.17, 15) is 0 Å². The van der Waals surface area contributed by atoms with Gasteiger partial charge < -0.3 is 4.90 Å². The number of hydrogen-bond acceptors (Lipinski definition) is 1. The van der Waals surface area contributed by atoms with Crippen LogP contribution in [-0.2, 0) is 5.41 Å². The fourth-order valence-electron chi connectivity index (χ4n) is 9.54. The van der Waals surface area contributed by atoms with Crippen molar-refractivity contribution in [1.82, 2.24) is 0 Å². The van der Waals surface area contributed by atoms with E-state index in [4.69, 9.17) is 0 Å². The van der Waals surface area contributed by atoms with Crippen LogP contribution in [0.5, 0.6) is 0 Å². The molecule has 10 rings (SSSR count). The van der Waals surface area contributed by atoms with Gasteiger partial charge in [0.25, 0.3) is 0 Å². The van der Waals surface area contributed by atoms with Crippen LogP contribution in [0.25, 0.3) is 50.1 Å². The lowest BCUT2D eigenvalue weighted by atomic mass is 9.75. The lowest BCUT2D eigenvalue weighted by Crippen LogP contribution is -2.37. The number of benzene rings is 8. The Bertz CT molecular complexity index is 2790. The zero-order chi connectivity index (χ0) is 39.1. The van der Waals surface area contributed by atoms with Gasteiger partial charge in [-0.2, -0.15) is 0 Å². The lowest BCUT2D eigenvalue weighted by Gasteiger charge is -2.41. The van der Waals surface area contributed by atoms with Gasteiger partial charge in [-0.3, -0.25) is 0 Å². The standard InChI is InChI=1S/C57H45N/c1-57(2)52-30-16-14-27-49(52)51-39-45(37-38-53(51)57)58(54-31-17-15-26-47(54)44-35-33-41(34-36-44)40-19-6-3-7-20-40)55-32-18-29-48(43-23-10-5-11-24-43)56(55)50-28-13-12-25-46(50)42-21-8-4-9-22-42/h3-39,55-56H,1-2H3. The number of allylic oxidation sites excluding steroid dienone is 2. The van der Waals surface area contributed by atoms with E-state index in [0.717, 1.165) is 0 Å². The van der Waals surface area contributed by atoms with E-state index >= 15 is 0 Å². The molecule has 2 unspecified atom stereocenters. The molecular weight excluding hydrogens is 699 g/mol. The summed E-state index contributed by atoms with van der Waals surface area (Å²) >= 11 is 0. The van der Waals surface area contributed by atoms with Gasteiger partial charge in [-0.25, -0.2) is 0 Å². The molecule has 0 heterocycles. The summed E-state index contributed by atoms with van der Waals surface area (Å²) in [4.78, 5) is 2.63. The Morgan fingerprint density at radius 1 is 0.414 bits per heavy atom. The molecule has 0 aliphatic heterocycles. The Hall–Kier alpha value is -6.96. The van der Waals surface area contributed by atoms with Crippen LogP contribution in [0.4, 0.5) is 11.4 Å². The van der Waals surface area contributed by atoms with Crippen molar-refractivity contribution in [2.24, 2.45) is 0 Å². The normalized spacial score (nSPS) is 16.3. The van der Waals surface area contributed by atoms with Crippen molar-refractivity contribution in [3.8, 4) is 44.5 Å². The molecule has 2 aliphatic carbocycles. The van der Waals surface area contributed by atoms with Gasteiger partial charge in [0.15, 0.2) is 0 Å². The number of hydrogen-bond donors (Lipinski definition) is 0. The molecule has 0 saturated heterocycles. The summed E-state index contributed by atoms with van der Waals surface area (Å²) in [6.45, 7) is 4.72. The SMILES string of the molecule is CC1(C)c2ccccc2-c2cc(N(c3ccccc3-c3ccc(-c4ccccc4)cc3)C3C=CC=C(c4ccccc4)C3c3ccccc3-c3ccccc3)ccc21. The first-order chi connectivity index (χ1) is 28.6. The summed E-state index contributed by atoms with van der Waals surface area (Å²) in [6.07, 6.45) is 7.05. The van der Waals surface area contributed by atoms with E-state index in [-0.39, 0.29) is 17.4 Å². The first-order valence-corrected chi connectivity index (χ1v) is 20.4.